The van der Waals surface area contributed by atoms with E-state index in [0.717, 1.165) is 0 Å². The Bertz CT molecular complexity index is 696. The summed E-state index contributed by atoms with van der Waals surface area (Å²) in [4.78, 5) is 11.6. The maximum absolute atomic E-state index is 12.7. The number of benzene rings is 1. The minimum absolute atomic E-state index is 0. The number of methoxy groups -OCH3 is 1. The zero-order chi connectivity index (χ0) is 16.5. The molecule has 130 valence electrons. The molecule has 1 heterocycles. The van der Waals surface area contributed by atoms with Crippen LogP contribution in [-0.4, -0.2) is 45.4 Å². The van der Waals surface area contributed by atoms with Crippen molar-refractivity contribution in [1.82, 2.24) is 4.31 Å². The molecule has 1 unspecified atom stereocenters. The second-order valence-electron chi connectivity index (χ2n) is 5.77. The number of hydrogen-bond acceptors (Lipinski definition) is 5. The third-order valence-corrected chi connectivity index (χ3v) is 5.99. The van der Waals surface area contributed by atoms with Crippen molar-refractivity contribution in [3.05, 3.63) is 28.8 Å². The normalized spacial score (nSPS) is 21.7. The molecule has 1 aromatic carbocycles. The van der Waals surface area contributed by atoms with Crippen LogP contribution in [0.25, 0.3) is 0 Å². The average Bonchev–Trinajstić information content (AvgIpc) is 2.89. The first-order valence-corrected chi connectivity index (χ1v) is 8.63. The number of nitrogens with zero attached hydrogens (tertiary/aromatic N) is 1. The maximum atomic E-state index is 12.7. The van der Waals surface area contributed by atoms with Crippen LogP contribution >= 0.6 is 24.0 Å². The van der Waals surface area contributed by atoms with Crippen molar-refractivity contribution in [3.8, 4) is 0 Å². The highest BCUT2D eigenvalue weighted by atomic mass is 35.5. The van der Waals surface area contributed by atoms with Gasteiger partial charge in [-0.3, -0.25) is 0 Å². The summed E-state index contributed by atoms with van der Waals surface area (Å²) < 4.78 is 31.4. The van der Waals surface area contributed by atoms with Crippen molar-refractivity contribution in [2.24, 2.45) is 11.1 Å². The molecule has 0 amide bonds. The molecule has 1 atom stereocenters. The molecule has 6 nitrogen and oxygen atoms in total. The van der Waals surface area contributed by atoms with Crippen LogP contribution in [0.15, 0.2) is 23.1 Å². The number of rotatable bonds is 4. The SMILES string of the molecule is COC(=O)c1cc(Cl)cc(S(=O)(=O)N2CCC(C)(CN)C2)c1.Cl. The molecule has 2 N–H and O–H groups in total. The van der Waals surface area contributed by atoms with Gasteiger partial charge in [-0.15, -0.1) is 12.4 Å². The largest absolute Gasteiger partial charge is 0.465 e. The van der Waals surface area contributed by atoms with Crippen LogP contribution in [-0.2, 0) is 14.8 Å². The Morgan fingerprint density at radius 2 is 2.09 bits per heavy atom. The molecular formula is C14H20Cl2N2O4S. The van der Waals surface area contributed by atoms with E-state index < -0.39 is 16.0 Å². The zero-order valence-corrected chi connectivity index (χ0v) is 15.3. The molecule has 0 saturated carbocycles. The first-order valence-electron chi connectivity index (χ1n) is 6.81. The summed E-state index contributed by atoms with van der Waals surface area (Å²) in [6, 6.07) is 3.99. The number of carbonyl (C=O) groups excluding carboxylic acids is 1. The van der Waals surface area contributed by atoms with E-state index in [-0.39, 0.29) is 33.3 Å². The van der Waals surface area contributed by atoms with E-state index in [1.54, 1.807) is 0 Å². The number of hydrogen-bond donors (Lipinski definition) is 1. The van der Waals surface area contributed by atoms with Gasteiger partial charge < -0.3 is 10.5 Å². The van der Waals surface area contributed by atoms with Crippen molar-refractivity contribution >= 4 is 40.0 Å². The van der Waals surface area contributed by atoms with Crippen molar-refractivity contribution in [3.63, 3.8) is 0 Å². The number of halogens is 2. The second kappa shape index (κ2) is 7.36. The topological polar surface area (TPSA) is 89.7 Å². The number of nitrogens with two attached hydrogens (primary N) is 1. The summed E-state index contributed by atoms with van der Waals surface area (Å²) in [6.45, 7) is 3.13. The molecule has 1 aromatic rings. The fourth-order valence-corrected chi connectivity index (χ4v) is 4.41. The van der Waals surface area contributed by atoms with Gasteiger partial charge in [0.25, 0.3) is 0 Å². The highest BCUT2D eigenvalue weighted by Gasteiger charge is 2.39. The van der Waals surface area contributed by atoms with Gasteiger partial charge in [0.15, 0.2) is 0 Å². The van der Waals surface area contributed by atoms with Crippen molar-refractivity contribution in [2.75, 3.05) is 26.7 Å². The lowest BCUT2D eigenvalue weighted by atomic mass is 9.90. The quantitative estimate of drug-likeness (QED) is 0.803. The molecule has 1 aliphatic heterocycles. The van der Waals surface area contributed by atoms with Gasteiger partial charge in [0, 0.05) is 18.1 Å². The Labute approximate surface area is 147 Å². The first-order chi connectivity index (χ1) is 10.2. The fourth-order valence-electron chi connectivity index (χ4n) is 2.45. The minimum atomic E-state index is -3.72. The smallest absolute Gasteiger partial charge is 0.337 e. The van der Waals surface area contributed by atoms with Crippen molar-refractivity contribution < 1.29 is 17.9 Å². The monoisotopic (exact) mass is 382 g/mol. The zero-order valence-electron chi connectivity index (χ0n) is 12.9. The molecule has 0 bridgehead atoms. The predicted octanol–water partition coefficient (Wildman–Crippen LogP) is 1.91. The predicted molar refractivity (Wildman–Crippen MR) is 90.6 cm³/mol. The minimum Gasteiger partial charge on any atom is -0.465 e. The van der Waals surface area contributed by atoms with Gasteiger partial charge in [-0.05, 0) is 36.6 Å². The van der Waals surface area contributed by atoms with Gasteiger partial charge in [0.1, 0.15) is 0 Å². The standard InChI is InChI=1S/C14H19ClN2O4S.ClH/c1-14(8-16)3-4-17(9-14)22(19,20)12-6-10(13(18)21-2)5-11(15)7-12;/h5-7H,3-4,8-9,16H2,1-2H3;1H. The summed E-state index contributed by atoms with van der Waals surface area (Å²) in [5.41, 5.74) is 5.59. The van der Waals surface area contributed by atoms with Crippen molar-refractivity contribution in [2.45, 2.75) is 18.2 Å². The number of sulfonamides is 1. The van der Waals surface area contributed by atoms with Crippen molar-refractivity contribution in [1.29, 1.82) is 0 Å². The fraction of sp³-hybridized carbons (Fsp3) is 0.500. The molecule has 0 spiro atoms. The van der Waals surface area contributed by atoms with E-state index in [9.17, 15) is 13.2 Å². The van der Waals surface area contributed by atoms with E-state index in [1.165, 1.54) is 29.6 Å². The Balaban J connectivity index is 0.00000264. The van der Waals surface area contributed by atoms with Gasteiger partial charge in [-0.25, -0.2) is 13.2 Å². The van der Waals surface area contributed by atoms with E-state index in [1.807, 2.05) is 6.92 Å². The van der Waals surface area contributed by atoms with E-state index in [4.69, 9.17) is 17.3 Å². The molecule has 0 radical (unpaired) electrons. The third kappa shape index (κ3) is 4.16. The summed E-state index contributed by atoms with van der Waals surface area (Å²) in [6.07, 6.45) is 0.702. The number of ether oxygens (including phenoxy) is 1. The molecule has 0 aliphatic carbocycles. The van der Waals surface area contributed by atoms with Gasteiger partial charge in [-0.1, -0.05) is 18.5 Å². The van der Waals surface area contributed by atoms with Gasteiger partial charge in [0.05, 0.1) is 17.6 Å². The van der Waals surface area contributed by atoms with E-state index in [0.29, 0.717) is 26.1 Å². The second-order valence-corrected chi connectivity index (χ2v) is 8.14. The van der Waals surface area contributed by atoms with Crippen LogP contribution in [0.1, 0.15) is 23.7 Å². The summed E-state index contributed by atoms with van der Waals surface area (Å²) in [5, 5.41) is 0.169. The molecule has 23 heavy (non-hydrogen) atoms. The number of esters is 1. The average molecular weight is 383 g/mol. The molecule has 1 aliphatic rings. The van der Waals surface area contributed by atoms with Crippen LogP contribution in [0.3, 0.4) is 0 Å². The van der Waals surface area contributed by atoms with Crippen LogP contribution in [0.2, 0.25) is 5.02 Å². The highest BCUT2D eigenvalue weighted by molar-refractivity contribution is 7.89. The van der Waals surface area contributed by atoms with Crippen LogP contribution in [0, 0.1) is 5.41 Å². The Morgan fingerprint density at radius 1 is 1.43 bits per heavy atom. The summed E-state index contributed by atoms with van der Waals surface area (Å²) in [7, 11) is -2.49. The molecule has 1 saturated heterocycles. The van der Waals surface area contributed by atoms with E-state index >= 15 is 0 Å². The molecule has 1 fully saturated rings. The summed E-state index contributed by atoms with van der Waals surface area (Å²) >= 11 is 5.94. The Kier molecular flexibility index (Phi) is 6.46. The first kappa shape index (κ1) is 20.2. The molecular weight excluding hydrogens is 363 g/mol. The van der Waals surface area contributed by atoms with Gasteiger partial charge in [0.2, 0.25) is 10.0 Å². The number of carbonyl (C=O) groups is 1. The Morgan fingerprint density at radius 3 is 2.61 bits per heavy atom. The highest BCUT2D eigenvalue weighted by Crippen LogP contribution is 2.33. The lowest BCUT2D eigenvalue weighted by Crippen LogP contribution is -2.34. The third-order valence-electron chi connectivity index (χ3n) is 3.95. The molecule has 2 rings (SSSR count). The summed E-state index contributed by atoms with van der Waals surface area (Å²) in [5.74, 6) is -0.632. The van der Waals surface area contributed by atoms with Gasteiger partial charge in [-0.2, -0.15) is 4.31 Å². The molecule has 9 heteroatoms. The van der Waals surface area contributed by atoms with E-state index in [2.05, 4.69) is 4.74 Å². The lowest BCUT2D eigenvalue weighted by Gasteiger charge is -2.22. The van der Waals surface area contributed by atoms with Crippen LogP contribution in [0.4, 0.5) is 0 Å². The maximum Gasteiger partial charge on any atom is 0.337 e. The van der Waals surface area contributed by atoms with Crippen LogP contribution < -0.4 is 5.73 Å². The van der Waals surface area contributed by atoms with Gasteiger partial charge >= 0.3 is 5.97 Å². The molecule has 0 aromatic heterocycles. The van der Waals surface area contributed by atoms with Crippen LogP contribution in [0.5, 0.6) is 0 Å². The Hall–Kier alpha value is -0.860. The lowest BCUT2D eigenvalue weighted by molar-refractivity contribution is 0.0600.